The second-order valence-electron chi connectivity index (χ2n) is 4.70. The van der Waals surface area contributed by atoms with Crippen LogP contribution in [0.3, 0.4) is 0 Å². The molecule has 2 nitrogen and oxygen atoms in total. The molecule has 0 N–H and O–H groups in total. The molecule has 1 aromatic heterocycles. The Morgan fingerprint density at radius 3 is 2.47 bits per heavy atom. The monoisotopic (exact) mass is 225 g/mol. The standard InChI is InChI=1S/C15H15NO/c1-11-9-14(17)10-15(12-7-8-12)16(11)13-5-3-2-4-6-13/h2-6,9-10,12H,7-8H2,1H3. The van der Waals surface area contributed by atoms with Crippen molar-refractivity contribution in [3.8, 4) is 5.69 Å². The van der Waals surface area contributed by atoms with Gasteiger partial charge in [0.2, 0.25) is 0 Å². The Labute approximate surface area is 101 Å². The second-order valence-corrected chi connectivity index (χ2v) is 4.70. The molecule has 1 aromatic carbocycles. The zero-order valence-electron chi connectivity index (χ0n) is 9.89. The van der Waals surface area contributed by atoms with E-state index in [4.69, 9.17) is 0 Å². The van der Waals surface area contributed by atoms with Crippen molar-refractivity contribution in [2.45, 2.75) is 25.7 Å². The summed E-state index contributed by atoms with van der Waals surface area (Å²) in [5.74, 6) is 0.572. The summed E-state index contributed by atoms with van der Waals surface area (Å²) in [5.41, 5.74) is 3.45. The molecule has 86 valence electrons. The smallest absolute Gasteiger partial charge is 0.182 e. The molecular formula is C15H15NO. The minimum Gasteiger partial charge on any atom is -0.318 e. The molecule has 1 aliphatic carbocycles. The molecule has 0 unspecified atom stereocenters. The van der Waals surface area contributed by atoms with Crippen molar-refractivity contribution >= 4 is 0 Å². The van der Waals surface area contributed by atoms with Crippen LogP contribution < -0.4 is 5.43 Å². The number of hydrogen-bond acceptors (Lipinski definition) is 1. The summed E-state index contributed by atoms with van der Waals surface area (Å²) >= 11 is 0. The van der Waals surface area contributed by atoms with Crippen LogP contribution in [0.2, 0.25) is 0 Å². The normalized spacial score (nSPS) is 14.9. The maximum atomic E-state index is 11.6. The summed E-state index contributed by atoms with van der Waals surface area (Å²) in [7, 11) is 0. The number of nitrogens with zero attached hydrogens (tertiary/aromatic N) is 1. The topological polar surface area (TPSA) is 22.0 Å². The van der Waals surface area contributed by atoms with Gasteiger partial charge in [-0.25, -0.2) is 0 Å². The van der Waals surface area contributed by atoms with Gasteiger partial charge in [0.25, 0.3) is 0 Å². The fourth-order valence-electron chi connectivity index (χ4n) is 2.34. The van der Waals surface area contributed by atoms with Gasteiger partial charge in [-0.05, 0) is 37.8 Å². The van der Waals surface area contributed by atoms with Crippen LogP contribution >= 0.6 is 0 Å². The minimum absolute atomic E-state index is 0.122. The first-order chi connectivity index (χ1) is 8.25. The van der Waals surface area contributed by atoms with Crippen molar-refractivity contribution in [3.63, 3.8) is 0 Å². The maximum Gasteiger partial charge on any atom is 0.182 e. The first-order valence-corrected chi connectivity index (χ1v) is 6.05. The average Bonchev–Trinajstić information content (AvgIpc) is 3.13. The van der Waals surface area contributed by atoms with Crippen molar-refractivity contribution in [3.05, 3.63) is 64.1 Å². The number of aryl methyl sites for hydroxylation is 1. The highest BCUT2D eigenvalue weighted by atomic mass is 16.1. The molecule has 1 fully saturated rings. The quantitative estimate of drug-likeness (QED) is 0.770. The van der Waals surface area contributed by atoms with E-state index in [1.165, 1.54) is 18.5 Å². The number of rotatable bonds is 2. The Bertz CT molecular complexity index is 594. The summed E-state index contributed by atoms with van der Waals surface area (Å²) in [6.07, 6.45) is 2.41. The summed E-state index contributed by atoms with van der Waals surface area (Å²) in [4.78, 5) is 11.6. The number of benzene rings is 1. The van der Waals surface area contributed by atoms with Gasteiger partial charge in [0.05, 0.1) is 0 Å². The lowest BCUT2D eigenvalue weighted by Crippen LogP contribution is -2.13. The minimum atomic E-state index is 0.122. The van der Waals surface area contributed by atoms with Crippen LogP contribution in [-0.4, -0.2) is 4.57 Å². The SMILES string of the molecule is Cc1cc(=O)cc(C2CC2)n1-c1ccccc1. The van der Waals surface area contributed by atoms with Crippen molar-refractivity contribution in [2.24, 2.45) is 0 Å². The molecule has 0 spiro atoms. The fourth-order valence-corrected chi connectivity index (χ4v) is 2.34. The van der Waals surface area contributed by atoms with Crippen LogP contribution in [0, 0.1) is 6.92 Å². The molecule has 0 amide bonds. The molecule has 2 heteroatoms. The van der Waals surface area contributed by atoms with Crippen LogP contribution in [0.25, 0.3) is 5.69 Å². The third-order valence-electron chi connectivity index (χ3n) is 3.26. The third kappa shape index (κ3) is 1.91. The molecule has 1 saturated carbocycles. The Morgan fingerprint density at radius 2 is 1.82 bits per heavy atom. The van der Waals surface area contributed by atoms with E-state index in [0.29, 0.717) is 5.92 Å². The molecule has 1 heterocycles. The van der Waals surface area contributed by atoms with E-state index in [0.717, 1.165) is 11.4 Å². The van der Waals surface area contributed by atoms with Crippen LogP contribution in [0.5, 0.6) is 0 Å². The Hall–Kier alpha value is -1.83. The van der Waals surface area contributed by atoms with E-state index in [1.807, 2.05) is 25.1 Å². The molecule has 2 aromatic rings. The van der Waals surface area contributed by atoms with E-state index in [2.05, 4.69) is 16.7 Å². The highest BCUT2D eigenvalue weighted by Crippen LogP contribution is 2.40. The second kappa shape index (κ2) is 3.88. The zero-order valence-corrected chi connectivity index (χ0v) is 9.89. The first-order valence-electron chi connectivity index (χ1n) is 6.05. The Morgan fingerprint density at radius 1 is 1.12 bits per heavy atom. The lowest BCUT2D eigenvalue weighted by Gasteiger charge is -2.16. The van der Waals surface area contributed by atoms with Crippen LogP contribution in [0.4, 0.5) is 0 Å². The van der Waals surface area contributed by atoms with E-state index in [-0.39, 0.29) is 5.43 Å². The van der Waals surface area contributed by atoms with E-state index < -0.39 is 0 Å². The van der Waals surface area contributed by atoms with Crippen LogP contribution in [0.1, 0.15) is 30.1 Å². The molecular weight excluding hydrogens is 210 g/mol. The van der Waals surface area contributed by atoms with Crippen molar-refractivity contribution < 1.29 is 0 Å². The van der Waals surface area contributed by atoms with Crippen molar-refractivity contribution in [2.75, 3.05) is 0 Å². The van der Waals surface area contributed by atoms with Gasteiger partial charge in [-0.15, -0.1) is 0 Å². The molecule has 0 aliphatic heterocycles. The first kappa shape index (κ1) is 10.3. The highest BCUT2D eigenvalue weighted by Gasteiger charge is 2.27. The lowest BCUT2D eigenvalue weighted by molar-refractivity contribution is 0.860. The van der Waals surface area contributed by atoms with Gasteiger partial charge in [0.1, 0.15) is 0 Å². The predicted molar refractivity (Wildman–Crippen MR) is 68.8 cm³/mol. The average molecular weight is 225 g/mol. The number of aromatic nitrogens is 1. The Kier molecular flexibility index (Phi) is 2.36. The molecule has 0 saturated heterocycles. The molecule has 0 bridgehead atoms. The largest absolute Gasteiger partial charge is 0.318 e. The van der Waals surface area contributed by atoms with E-state index in [9.17, 15) is 4.79 Å². The molecule has 17 heavy (non-hydrogen) atoms. The highest BCUT2D eigenvalue weighted by molar-refractivity contribution is 5.38. The number of pyridine rings is 1. The van der Waals surface area contributed by atoms with Gasteiger partial charge in [0.15, 0.2) is 5.43 Å². The summed E-state index contributed by atoms with van der Waals surface area (Å²) in [6.45, 7) is 2.00. The Balaban J connectivity index is 2.24. The number of hydrogen-bond donors (Lipinski definition) is 0. The molecule has 0 radical (unpaired) electrons. The van der Waals surface area contributed by atoms with Crippen molar-refractivity contribution in [1.29, 1.82) is 0 Å². The van der Waals surface area contributed by atoms with Gasteiger partial charge < -0.3 is 4.57 Å². The third-order valence-corrected chi connectivity index (χ3v) is 3.26. The predicted octanol–water partition coefficient (Wildman–Crippen LogP) is 3.02. The maximum absolute atomic E-state index is 11.6. The molecule has 1 aliphatic rings. The summed E-state index contributed by atoms with van der Waals surface area (Å²) < 4.78 is 2.21. The number of para-hydroxylation sites is 1. The van der Waals surface area contributed by atoms with E-state index in [1.54, 1.807) is 12.1 Å². The van der Waals surface area contributed by atoms with Gasteiger partial charge in [-0.2, -0.15) is 0 Å². The van der Waals surface area contributed by atoms with Gasteiger partial charge in [0, 0.05) is 29.2 Å². The van der Waals surface area contributed by atoms with Gasteiger partial charge >= 0.3 is 0 Å². The van der Waals surface area contributed by atoms with Crippen molar-refractivity contribution in [1.82, 2.24) is 4.57 Å². The zero-order chi connectivity index (χ0) is 11.8. The molecule has 3 rings (SSSR count). The summed E-state index contributed by atoms with van der Waals surface area (Å²) in [6, 6.07) is 13.7. The molecule has 0 atom stereocenters. The lowest BCUT2D eigenvalue weighted by atomic mass is 10.2. The summed E-state index contributed by atoms with van der Waals surface area (Å²) in [5, 5.41) is 0. The van der Waals surface area contributed by atoms with Crippen LogP contribution in [0.15, 0.2) is 47.3 Å². The van der Waals surface area contributed by atoms with Crippen LogP contribution in [-0.2, 0) is 0 Å². The van der Waals surface area contributed by atoms with Gasteiger partial charge in [-0.1, -0.05) is 18.2 Å². The van der Waals surface area contributed by atoms with E-state index >= 15 is 0 Å². The fraction of sp³-hybridized carbons (Fsp3) is 0.267. The van der Waals surface area contributed by atoms with Gasteiger partial charge in [-0.3, -0.25) is 4.79 Å².